The van der Waals surface area contributed by atoms with Crippen LogP contribution in [0, 0.1) is 0 Å². The van der Waals surface area contributed by atoms with E-state index in [4.69, 9.17) is 9.73 Å². The fraction of sp³-hybridized carbons (Fsp3) is 0.882. The Labute approximate surface area is 151 Å². The zero-order valence-corrected chi connectivity index (χ0v) is 16.7. The number of hydrogen-bond acceptors (Lipinski definition) is 4. The van der Waals surface area contributed by atoms with Crippen molar-refractivity contribution < 1.29 is 9.53 Å². The van der Waals surface area contributed by atoms with Gasteiger partial charge in [0, 0.05) is 26.2 Å². The number of amides is 1. The van der Waals surface area contributed by atoms with Crippen molar-refractivity contribution in [1.29, 1.82) is 0 Å². The van der Waals surface area contributed by atoms with Crippen LogP contribution in [0.3, 0.4) is 0 Å². The van der Waals surface area contributed by atoms with Crippen LogP contribution >= 0.6 is 11.8 Å². The van der Waals surface area contributed by atoms with Gasteiger partial charge in [-0.1, -0.05) is 0 Å². The summed E-state index contributed by atoms with van der Waals surface area (Å²) in [6, 6.07) is 0.111. The van der Waals surface area contributed by atoms with Gasteiger partial charge < -0.3 is 20.3 Å². The molecule has 1 amide bonds. The first-order valence-corrected chi connectivity index (χ1v) is 10.3. The molecule has 1 heterocycles. The fourth-order valence-electron chi connectivity index (χ4n) is 2.51. The molecule has 140 valence electrons. The van der Waals surface area contributed by atoms with Crippen molar-refractivity contribution in [2.45, 2.75) is 58.6 Å². The summed E-state index contributed by atoms with van der Waals surface area (Å²) in [5.41, 5.74) is -0.463. The normalized spacial score (nSPS) is 18.6. The molecule has 0 saturated carbocycles. The summed E-state index contributed by atoms with van der Waals surface area (Å²) in [5, 5.41) is 6.31. The van der Waals surface area contributed by atoms with Crippen LogP contribution in [0.1, 0.15) is 47.0 Å². The second kappa shape index (κ2) is 10.7. The van der Waals surface area contributed by atoms with Crippen molar-refractivity contribution in [1.82, 2.24) is 15.5 Å². The third kappa shape index (κ3) is 8.66. The standard InChI is InChI=1S/C17H34N4O2S/c1-6-18-15(19-10-7-8-12-24-5)21-11-9-14(13-21)20-16(22)23-17(2,3)4/h14H,6-13H2,1-5H3,(H,18,19)(H,20,22). The van der Waals surface area contributed by atoms with Crippen molar-refractivity contribution in [2.24, 2.45) is 4.99 Å². The largest absolute Gasteiger partial charge is 0.444 e. The van der Waals surface area contributed by atoms with E-state index in [1.54, 1.807) is 0 Å². The van der Waals surface area contributed by atoms with Gasteiger partial charge in [0.25, 0.3) is 0 Å². The predicted octanol–water partition coefficient (Wildman–Crippen LogP) is 2.69. The number of aliphatic imine (C=N–C) groups is 1. The van der Waals surface area contributed by atoms with Crippen LogP contribution in [-0.4, -0.2) is 66.8 Å². The molecule has 0 aliphatic carbocycles. The Kier molecular flexibility index (Phi) is 9.33. The van der Waals surface area contributed by atoms with Crippen molar-refractivity contribution in [3.8, 4) is 0 Å². The number of alkyl carbamates (subject to hydrolysis) is 1. The number of nitrogens with zero attached hydrogens (tertiary/aromatic N) is 2. The average molecular weight is 359 g/mol. The molecule has 0 spiro atoms. The van der Waals surface area contributed by atoms with Crippen molar-refractivity contribution >= 4 is 23.8 Å². The fourth-order valence-corrected chi connectivity index (χ4v) is 3.01. The lowest BCUT2D eigenvalue weighted by molar-refractivity contribution is 0.0507. The smallest absolute Gasteiger partial charge is 0.407 e. The third-order valence-electron chi connectivity index (χ3n) is 3.56. The maximum absolute atomic E-state index is 11.9. The highest BCUT2D eigenvalue weighted by atomic mass is 32.2. The van der Waals surface area contributed by atoms with Gasteiger partial charge in [-0.15, -0.1) is 0 Å². The van der Waals surface area contributed by atoms with Gasteiger partial charge in [-0.25, -0.2) is 4.79 Å². The highest BCUT2D eigenvalue weighted by Gasteiger charge is 2.27. The number of ether oxygens (including phenoxy) is 1. The maximum atomic E-state index is 11.9. The predicted molar refractivity (Wildman–Crippen MR) is 103 cm³/mol. The number of carbonyl (C=O) groups excluding carboxylic acids is 1. The van der Waals surface area contributed by atoms with Gasteiger partial charge in [0.1, 0.15) is 5.60 Å². The number of hydrogen-bond donors (Lipinski definition) is 2. The van der Waals surface area contributed by atoms with E-state index < -0.39 is 5.60 Å². The number of carbonyl (C=O) groups is 1. The van der Waals surface area contributed by atoms with E-state index in [0.717, 1.165) is 45.0 Å². The lowest BCUT2D eigenvalue weighted by atomic mass is 10.2. The van der Waals surface area contributed by atoms with Crippen molar-refractivity contribution in [2.75, 3.05) is 38.2 Å². The molecular weight excluding hydrogens is 324 g/mol. The highest BCUT2D eigenvalue weighted by Crippen LogP contribution is 2.12. The summed E-state index contributed by atoms with van der Waals surface area (Å²) in [7, 11) is 0. The van der Waals surface area contributed by atoms with E-state index >= 15 is 0 Å². The number of thioether (sulfide) groups is 1. The molecule has 1 saturated heterocycles. The number of rotatable bonds is 7. The van der Waals surface area contributed by atoms with Gasteiger partial charge in [-0.3, -0.25) is 4.99 Å². The van der Waals surface area contributed by atoms with Gasteiger partial charge in [0.15, 0.2) is 5.96 Å². The molecule has 1 aliphatic heterocycles. The van der Waals surface area contributed by atoms with Crippen molar-refractivity contribution in [3.63, 3.8) is 0 Å². The van der Waals surface area contributed by atoms with Crippen LogP contribution in [0.5, 0.6) is 0 Å². The van der Waals surface area contributed by atoms with E-state index in [9.17, 15) is 4.79 Å². The number of likely N-dealkylation sites (tertiary alicyclic amines) is 1. The van der Waals surface area contributed by atoms with Crippen molar-refractivity contribution in [3.05, 3.63) is 0 Å². The van der Waals surface area contributed by atoms with E-state index in [1.807, 2.05) is 32.5 Å². The summed E-state index contributed by atoms with van der Waals surface area (Å²) < 4.78 is 5.33. The molecule has 6 nitrogen and oxygen atoms in total. The first-order valence-electron chi connectivity index (χ1n) is 8.87. The number of guanidine groups is 1. The van der Waals surface area contributed by atoms with Crippen LogP contribution in [0.25, 0.3) is 0 Å². The number of unbranched alkanes of at least 4 members (excludes halogenated alkanes) is 1. The molecule has 0 aromatic carbocycles. The molecule has 1 aliphatic rings. The SMILES string of the molecule is CCNC(=NCCCCSC)N1CCC(NC(=O)OC(C)(C)C)C1. The topological polar surface area (TPSA) is 66.0 Å². The molecule has 1 unspecified atom stereocenters. The van der Waals surface area contributed by atoms with Crippen LogP contribution in [0.15, 0.2) is 4.99 Å². The monoisotopic (exact) mass is 358 g/mol. The van der Waals surface area contributed by atoms with E-state index in [0.29, 0.717) is 0 Å². The molecule has 0 radical (unpaired) electrons. The first-order chi connectivity index (χ1) is 11.4. The maximum Gasteiger partial charge on any atom is 0.407 e. The van der Waals surface area contributed by atoms with Gasteiger partial charge in [0.05, 0.1) is 6.04 Å². The summed E-state index contributed by atoms with van der Waals surface area (Å²) in [4.78, 5) is 18.8. The Hall–Kier alpha value is -1.11. The second-order valence-corrected chi connectivity index (χ2v) is 8.00. The quantitative estimate of drug-likeness (QED) is 0.416. The minimum absolute atomic E-state index is 0.111. The van der Waals surface area contributed by atoms with E-state index in [1.165, 1.54) is 12.2 Å². The zero-order chi connectivity index (χ0) is 18.0. The zero-order valence-electron chi connectivity index (χ0n) is 15.9. The summed E-state index contributed by atoms with van der Waals surface area (Å²) in [6.45, 7) is 11.1. The second-order valence-electron chi connectivity index (χ2n) is 7.01. The van der Waals surface area contributed by atoms with Crippen LogP contribution in [0.4, 0.5) is 4.79 Å². The molecule has 1 atom stereocenters. The summed E-state index contributed by atoms with van der Waals surface area (Å²) in [6.07, 6.45) is 5.02. The Balaban J connectivity index is 2.44. The van der Waals surface area contributed by atoms with Gasteiger partial charge >= 0.3 is 6.09 Å². The molecule has 1 rings (SSSR count). The molecule has 2 N–H and O–H groups in total. The first kappa shape index (κ1) is 20.9. The van der Waals surface area contributed by atoms with Crippen LogP contribution in [0.2, 0.25) is 0 Å². The minimum Gasteiger partial charge on any atom is -0.444 e. The Bertz CT molecular complexity index is 410. The Morgan fingerprint density at radius 1 is 1.38 bits per heavy atom. The average Bonchev–Trinajstić information content (AvgIpc) is 2.92. The lowest BCUT2D eigenvalue weighted by Gasteiger charge is -2.23. The molecule has 24 heavy (non-hydrogen) atoms. The molecule has 0 aromatic rings. The minimum atomic E-state index is -0.463. The highest BCUT2D eigenvalue weighted by molar-refractivity contribution is 7.98. The molecular formula is C17H34N4O2S. The Morgan fingerprint density at radius 3 is 2.75 bits per heavy atom. The molecule has 0 aromatic heterocycles. The lowest BCUT2D eigenvalue weighted by Crippen LogP contribution is -2.44. The molecule has 0 bridgehead atoms. The van der Waals surface area contributed by atoms with Gasteiger partial charge in [-0.05, 0) is 59.0 Å². The van der Waals surface area contributed by atoms with E-state index in [2.05, 4.69) is 28.7 Å². The van der Waals surface area contributed by atoms with Gasteiger partial charge in [-0.2, -0.15) is 11.8 Å². The third-order valence-corrected chi connectivity index (χ3v) is 4.26. The summed E-state index contributed by atoms with van der Waals surface area (Å²) >= 11 is 1.88. The Morgan fingerprint density at radius 2 is 2.12 bits per heavy atom. The van der Waals surface area contributed by atoms with Gasteiger partial charge in [0.2, 0.25) is 0 Å². The van der Waals surface area contributed by atoms with Crippen LogP contribution < -0.4 is 10.6 Å². The van der Waals surface area contributed by atoms with E-state index in [-0.39, 0.29) is 12.1 Å². The van der Waals surface area contributed by atoms with Crippen LogP contribution in [-0.2, 0) is 4.74 Å². The molecule has 7 heteroatoms. The summed E-state index contributed by atoms with van der Waals surface area (Å²) in [5.74, 6) is 2.15. The number of nitrogens with one attached hydrogen (secondary N) is 2. The molecule has 1 fully saturated rings.